The monoisotopic (exact) mass is 462 g/mol. The number of anilines is 1. The number of aromatic nitrogens is 3. The topological polar surface area (TPSA) is 120 Å². The fourth-order valence-corrected chi connectivity index (χ4v) is 4.42. The smallest absolute Gasteiger partial charge is 0.290 e. The average Bonchev–Trinajstić information content (AvgIpc) is 3.24. The molecule has 10 nitrogen and oxygen atoms in total. The van der Waals surface area contributed by atoms with E-state index in [4.69, 9.17) is 9.90 Å². The minimum absolute atomic E-state index is 0.0232. The number of carboxylic acid groups (broad SMARTS) is 1. The van der Waals surface area contributed by atoms with Gasteiger partial charge in [0.1, 0.15) is 12.1 Å². The Balaban J connectivity index is 0.000000868. The Morgan fingerprint density at radius 3 is 2.50 bits per heavy atom. The summed E-state index contributed by atoms with van der Waals surface area (Å²) in [6, 6.07) is 13.6. The van der Waals surface area contributed by atoms with Crippen LogP contribution in [0.3, 0.4) is 0 Å². The van der Waals surface area contributed by atoms with E-state index in [0.29, 0.717) is 39.3 Å². The van der Waals surface area contributed by atoms with Crippen molar-refractivity contribution < 1.29 is 19.5 Å². The van der Waals surface area contributed by atoms with Crippen molar-refractivity contribution in [1.82, 2.24) is 24.8 Å². The van der Waals surface area contributed by atoms with Gasteiger partial charge in [0, 0.05) is 50.7 Å². The number of hydrogen-bond acceptors (Lipinski definition) is 7. The summed E-state index contributed by atoms with van der Waals surface area (Å²) in [4.78, 5) is 52.8. The van der Waals surface area contributed by atoms with E-state index in [1.165, 1.54) is 0 Å². The molecule has 0 spiro atoms. The van der Waals surface area contributed by atoms with Crippen LogP contribution in [0.2, 0.25) is 0 Å². The molecule has 3 aromatic rings. The van der Waals surface area contributed by atoms with Crippen LogP contribution in [0.4, 0.5) is 5.82 Å². The predicted octanol–water partition coefficient (Wildman–Crippen LogP) is 1.42. The summed E-state index contributed by atoms with van der Waals surface area (Å²) in [7, 11) is 0. The number of nitrogens with zero attached hydrogens (tertiary/aromatic N) is 6. The molecule has 0 radical (unpaired) electrons. The molecule has 10 heteroatoms. The molecule has 2 aromatic heterocycles. The van der Waals surface area contributed by atoms with Gasteiger partial charge in [-0.15, -0.1) is 0 Å². The first kappa shape index (κ1) is 23.1. The van der Waals surface area contributed by atoms with E-state index in [-0.39, 0.29) is 30.6 Å². The molecular formula is C24H26N6O4. The molecule has 2 fully saturated rings. The summed E-state index contributed by atoms with van der Waals surface area (Å²) >= 11 is 0. The van der Waals surface area contributed by atoms with Gasteiger partial charge in [0.2, 0.25) is 11.8 Å². The lowest BCUT2D eigenvalue weighted by Crippen LogP contribution is -2.51. The van der Waals surface area contributed by atoms with Crippen LogP contribution in [0.25, 0.3) is 10.9 Å². The molecule has 2 saturated heterocycles. The third kappa shape index (κ3) is 5.11. The van der Waals surface area contributed by atoms with Gasteiger partial charge < -0.3 is 19.8 Å². The fourth-order valence-electron chi connectivity index (χ4n) is 4.42. The summed E-state index contributed by atoms with van der Waals surface area (Å²) < 4.78 is 0. The maximum atomic E-state index is 13.1. The van der Waals surface area contributed by atoms with E-state index >= 15 is 0 Å². The molecule has 1 atom stereocenters. The zero-order valence-electron chi connectivity index (χ0n) is 18.7. The van der Waals surface area contributed by atoms with Crippen molar-refractivity contribution in [2.75, 3.05) is 37.6 Å². The van der Waals surface area contributed by atoms with Crippen LogP contribution in [0.15, 0.2) is 55.0 Å². The van der Waals surface area contributed by atoms with Crippen LogP contribution in [-0.4, -0.2) is 80.9 Å². The number of pyridine rings is 1. The predicted molar refractivity (Wildman–Crippen MR) is 125 cm³/mol. The molecule has 2 amide bonds. The van der Waals surface area contributed by atoms with Gasteiger partial charge >= 0.3 is 0 Å². The molecule has 34 heavy (non-hydrogen) atoms. The molecule has 5 rings (SSSR count). The van der Waals surface area contributed by atoms with E-state index in [9.17, 15) is 9.59 Å². The first-order valence-electron chi connectivity index (χ1n) is 11.1. The highest BCUT2D eigenvalue weighted by Crippen LogP contribution is 2.26. The number of likely N-dealkylation sites (tertiary alicyclic amines) is 1. The van der Waals surface area contributed by atoms with Gasteiger partial charge in [-0.1, -0.05) is 18.2 Å². The second-order valence-electron chi connectivity index (χ2n) is 8.13. The van der Waals surface area contributed by atoms with Crippen molar-refractivity contribution >= 4 is 35.0 Å². The lowest BCUT2D eigenvalue weighted by atomic mass is 10.1. The van der Waals surface area contributed by atoms with Gasteiger partial charge in [-0.2, -0.15) is 0 Å². The first-order valence-corrected chi connectivity index (χ1v) is 11.1. The van der Waals surface area contributed by atoms with Gasteiger partial charge in [0.05, 0.1) is 23.7 Å². The van der Waals surface area contributed by atoms with Gasteiger partial charge in [-0.25, -0.2) is 9.97 Å². The molecule has 0 bridgehead atoms. The van der Waals surface area contributed by atoms with E-state index < -0.39 is 0 Å². The van der Waals surface area contributed by atoms with Crippen LogP contribution in [-0.2, 0) is 20.9 Å². The second kappa shape index (κ2) is 10.7. The molecule has 1 aromatic carbocycles. The van der Waals surface area contributed by atoms with Crippen molar-refractivity contribution in [2.24, 2.45) is 5.92 Å². The van der Waals surface area contributed by atoms with Crippen LogP contribution in [0.5, 0.6) is 0 Å². The fraction of sp³-hybridized carbons (Fsp3) is 0.333. The zero-order valence-corrected chi connectivity index (χ0v) is 18.7. The summed E-state index contributed by atoms with van der Waals surface area (Å²) in [5, 5.41) is 7.91. The SMILES string of the molecule is O=C1CC(C(=O)N2CCN(c3ncnc4ccccc34)CC2)CN1Cc1ccccn1.O=CO. The second-order valence-corrected chi connectivity index (χ2v) is 8.13. The van der Waals surface area contributed by atoms with E-state index in [0.717, 1.165) is 22.4 Å². The molecular weight excluding hydrogens is 436 g/mol. The number of amides is 2. The van der Waals surface area contributed by atoms with Crippen LogP contribution >= 0.6 is 0 Å². The van der Waals surface area contributed by atoms with Gasteiger partial charge in [0.15, 0.2) is 0 Å². The molecule has 1 unspecified atom stereocenters. The molecule has 2 aliphatic rings. The Morgan fingerprint density at radius 2 is 1.76 bits per heavy atom. The van der Waals surface area contributed by atoms with Crippen LogP contribution < -0.4 is 4.90 Å². The Kier molecular flexibility index (Phi) is 7.26. The Labute approximate surface area is 196 Å². The lowest BCUT2D eigenvalue weighted by molar-refractivity contribution is -0.136. The third-order valence-electron chi connectivity index (χ3n) is 6.06. The normalized spacial score (nSPS) is 17.9. The molecule has 2 aliphatic heterocycles. The van der Waals surface area contributed by atoms with Crippen LogP contribution in [0, 0.1) is 5.92 Å². The van der Waals surface area contributed by atoms with Crippen molar-refractivity contribution in [3.63, 3.8) is 0 Å². The zero-order chi connectivity index (χ0) is 23.9. The van der Waals surface area contributed by atoms with Gasteiger partial charge in [-0.05, 0) is 24.3 Å². The summed E-state index contributed by atoms with van der Waals surface area (Å²) in [5.41, 5.74) is 1.76. The summed E-state index contributed by atoms with van der Waals surface area (Å²) in [5.74, 6) is 0.733. The Hall–Kier alpha value is -4.08. The number of carbonyl (C=O) groups is 3. The van der Waals surface area contributed by atoms with Crippen LogP contribution in [0.1, 0.15) is 12.1 Å². The highest BCUT2D eigenvalue weighted by Gasteiger charge is 2.37. The number of para-hydroxylation sites is 1. The molecule has 0 aliphatic carbocycles. The van der Waals surface area contributed by atoms with Gasteiger partial charge in [0.25, 0.3) is 6.47 Å². The van der Waals surface area contributed by atoms with Crippen molar-refractivity contribution in [1.29, 1.82) is 0 Å². The first-order chi connectivity index (χ1) is 16.6. The minimum Gasteiger partial charge on any atom is -0.483 e. The summed E-state index contributed by atoms with van der Waals surface area (Å²) in [6.07, 6.45) is 3.59. The highest BCUT2D eigenvalue weighted by molar-refractivity contribution is 5.90. The van der Waals surface area contributed by atoms with E-state index in [1.807, 2.05) is 47.4 Å². The Bertz CT molecular complexity index is 1150. The molecule has 1 N–H and O–H groups in total. The van der Waals surface area contributed by atoms with Crippen molar-refractivity contribution in [3.8, 4) is 0 Å². The Morgan fingerprint density at radius 1 is 1.03 bits per heavy atom. The lowest BCUT2D eigenvalue weighted by Gasteiger charge is -2.36. The summed E-state index contributed by atoms with van der Waals surface area (Å²) in [6.45, 7) is 3.35. The maximum absolute atomic E-state index is 13.1. The standard InChI is InChI=1S/C23H24N6O2.CH2O2/c30-21-13-17(14-29(21)15-18-5-3-4-8-24-18)23(31)28-11-9-27(10-12-28)22-19-6-1-2-7-20(19)25-16-26-22;2-1-3/h1-8,16-17H,9-15H2;1H,(H,2,3). The number of piperazine rings is 1. The number of benzene rings is 1. The number of rotatable bonds is 4. The average molecular weight is 463 g/mol. The van der Waals surface area contributed by atoms with Gasteiger partial charge in [-0.3, -0.25) is 19.4 Å². The van der Waals surface area contributed by atoms with E-state index in [1.54, 1.807) is 17.4 Å². The van der Waals surface area contributed by atoms with E-state index in [2.05, 4.69) is 19.9 Å². The molecule has 176 valence electrons. The number of hydrogen-bond donors (Lipinski definition) is 1. The van der Waals surface area contributed by atoms with Crippen molar-refractivity contribution in [3.05, 3.63) is 60.7 Å². The maximum Gasteiger partial charge on any atom is 0.290 e. The third-order valence-corrected chi connectivity index (χ3v) is 6.06. The quantitative estimate of drug-likeness (QED) is 0.578. The minimum atomic E-state index is -0.275. The highest BCUT2D eigenvalue weighted by atomic mass is 16.3. The number of fused-ring (bicyclic) bond motifs is 1. The van der Waals surface area contributed by atoms with Crippen molar-refractivity contribution in [2.45, 2.75) is 13.0 Å². The molecule has 4 heterocycles. The molecule has 0 saturated carbocycles. The largest absolute Gasteiger partial charge is 0.483 e. The number of carbonyl (C=O) groups excluding carboxylic acids is 2.